The maximum absolute atomic E-state index is 11.7. The molecule has 0 aliphatic heterocycles. The minimum atomic E-state index is -0.156. The summed E-state index contributed by atoms with van der Waals surface area (Å²) in [5.41, 5.74) is 0.352. The van der Waals surface area contributed by atoms with Crippen molar-refractivity contribution in [2.45, 2.75) is 40.0 Å². The standard InChI is InChI=1S/C11H18O2/c1-9(2)10(3)5-6-11(9,7-10)8(12)13-4/h5-7H2,1-4H3/t10-,11-/m0/s1. The summed E-state index contributed by atoms with van der Waals surface area (Å²) >= 11 is 0. The Labute approximate surface area is 79.7 Å². The highest BCUT2D eigenvalue weighted by Crippen LogP contribution is 2.77. The van der Waals surface area contributed by atoms with Crippen LogP contribution in [0.4, 0.5) is 0 Å². The van der Waals surface area contributed by atoms with Crippen LogP contribution in [0.2, 0.25) is 0 Å². The van der Waals surface area contributed by atoms with Gasteiger partial charge in [-0.25, -0.2) is 0 Å². The number of hydrogen-bond donors (Lipinski definition) is 0. The Morgan fingerprint density at radius 2 is 1.85 bits per heavy atom. The van der Waals surface area contributed by atoms with Crippen LogP contribution in [0.5, 0.6) is 0 Å². The Morgan fingerprint density at radius 3 is 2.15 bits per heavy atom. The molecule has 0 saturated heterocycles. The second-order valence-electron chi connectivity index (χ2n) is 5.44. The van der Waals surface area contributed by atoms with Crippen LogP contribution in [-0.4, -0.2) is 13.1 Å². The molecule has 13 heavy (non-hydrogen) atoms. The second-order valence-corrected chi connectivity index (χ2v) is 5.44. The van der Waals surface area contributed by atoms with Gasteiger partial charge >= 0.3 is 5.97 Å². The fourth-order valence-electron chi connectivity index (χ4n) is 3.49. The molecule has 2 nitrogen and oxygen atoms in total. The van der Waals surface area contributed by atoms with Gasteiger partial charge in [0.25, 0.3) is 0 Å². The molecule has 74 valence electrons. The molecule has 2 atom stereocenters. The molecule has 0 radical (unpaired) electrons. The first kappa shape index (κ1) is 9.04. The minimum Gasteiger partial charge on any atom is -0.469 e. The monoisotopic (exact) mass is 182 g/mol. The molecule has 2 heteroatoms. The predicted octanol–water partition coefficient (Wildman–Crippen LogP) is 2.38. The van der Waals surface area contributed by atoms with Crippen LogP contribution in [0, 0.1) is 16.2 Å². The van der Waals surface area contributed by atoms with Gasteiger partial charge in [-0.05, 0) is 30.1 Å². The molecule has 3 rings (SSSR count). The van der Waals surface area contributed by atoms with E-state index in [0.717, 1.165) is 12.8 Å². The number of methoxy groups -OCH3 is 1. The molecule has 2 bridgehead atoms. The number of carbonyl (C=O) groups is 1. The summed E-state index contributed by atoms with van der Waals surface area (Å²) in [6, 6.07) is 0. The van der Waals surface area contributed by atoms with Crippen molar-refractivity contribution >= 4 is 5.97 Å². The molecule has 0 spiro atoms. The maximum atomic E-state index is 11.7. The van der Waals surface area contributed by atoms with E-state index in [0.29, 0.717) is 5.41 Å². The first-order valence-corrected chi connectivity index (χ1v) is 4.98. The van der Waals surface area contributed by atoms with Gasteiger partial charge in [0.15, 0.2) is 0 Å². The Kier molecular flexibility index (Phi) is 1.46. The van der Waals surface area contributed by atoms with E-state index in [2.05, 4.69) is 20.8 Å². The van der Waals surface area contributed by atoms with Crippen molar-refractivity contribution in [2.75, 3.05) is 7.11 Å². The lowest BCUT2D eigenvalue weighted by Gasteiger charge is -2.59. The smallest absolute Gasteiger partial charge is 0.312 e. The average molecular weight is 182 g/mol. The normalized spacial score (nSPS) is 45.5. The van der Waals surface area contributed by atoms with Crippen molar-refractivity contribution in [1.29, 1.82) is 0 Å². The summed E-state index contributed by atoms with van der Waals surface area (Å²) in [7, 11) is 1.50. The number of fused-ring (bicyclic) bond motifs is 1. The predicted molar refractivity (Wildman–Crippen MR) is 50.2 cm³/mol. The maximum Gasteiger partial charge on any atom is 0.312 e. The van der Waals surface area contributed by atoms with Gasteiger partial charge in [0.2, 0.25) is 0 Å². The second kappa shape index (κ2) is 2.10. The molecular formula is C11H18O2. The van der Waals surface area contributed by atoms with E-state index in [9.17, 15) is 4.79 Å². The van der Waals surface area contributed by atoms with E-state index in [1.54, 1.807) is 0 Å². The molecule has 3 saturated carbocycles. The molecule has 0 amide bonds. The fourth-order valence-corrected chi connectivity index (χ4v) is 3.49. The summed E-state index contributed by atoms with van der Waals surface area (Å²) in [6.45, 7) is 6.71. The van der Waals surface area contributed by atoms with Crippen molar-refractivity contribution < 1.29 is 9.53 Å². The van der Waals surface area contributed by atoms with Gasteiger partial charge in [-0.1, -0.05) is 20.8 Å². The summed E-state index contributed by atoms with van der Waals surface area (Å²) < 4.78 is 4.92. The Morgan fingerprint density at radius 1 is 1.23 bits per heavy atom. The third kappa shape index (κ3) is 0.695. The lowest BCUT2D eigenvalue weighted by Crippen LogP contribution is -2.58. The third-order valence-corrected chi connectivity index (χ3v) is 5.08. The summed E-state index contributed by atoms with van der Waals surface area (Å²) in [4.78, 5) is 11.7. The quantitative estimate of drug-likeness (QED) is 0.582. The van der Waals surface area contributed by atoms with E-state index in [1.165, 1.54) is 13.5 Å². The highest BCUT2D eigenvalue weighted by molar-refractivity contribution is 5.80. The van der Waals surface area contributed by atoms with E-state index < -0.39 is 0 Å². The number of hydrogen-bond acceptors (Lipinski definition) is 2. The lowest BCUT2D eigenvalue weighted by atomic mass is 9.44. The van der Waals surface area contributed by atoms with Gasteiger partial charge in [-0.15, -0.1) is 0 Å². The zero-order valence-corrected chi connectivity index (χ0v) is 8.94. The summed E-state index contributed by atoms with van der Waals surface area (Å²) in [5.74, 6) is 0.00692. The highest BCUT2D eigenvalue weighted by atomic mass is 16.5. The van der Waals surface area contributed by atoms with Crippen molar-refractivity contribution in [3.05, 3.63) is 0 Å². The van der Waals surface area contributed by atoms with Gasteiger partial charge in [-0.3, -0.25) is 4.79 Å². The molecule has 3 aliphatic carbocycles. The van der Waals surface area contributed by atoms with E-state index in [-0.39, 0.29) is 16.8 Å². The number of ether oxygens (including phenoxy) is 1. The van der Waals surface area contributed by atoms with Crippen LogP contribution in [0.1, 0.15) is 40.0 Å². The third-order valence-electron chi connectivity index (χ3n) is 5.08. The molecule has 0 heterocycles. The van der Waals surface area contributed by atoms with Crippen molar-refractivity contribution in [2.24, 2.45) is 16.2 Å². The Balaban J connectivity index is 2.35. The molecule has 0 aromatic rings. The van der Waals surface area contributed by atoms with Gasteiger partial charge in [0.1, 0.15) is 0 Å². The first-order chi connectivity index (χ1) is 5.90. The van der Waals surface area contributed by atoms with E-state index in [1.807, 2.05) is 0 Å². The van der Waals surface area contributed by atoms with Crippen molar-refractivity contribution in [3.63, 3.8) is 0 Å². The molecule has 3 fully saturated rings. The van der Waals surface area contributed by atoms with Gasteiger partial charge in [-0.2, -0.15) is 0 Å². The van der Waals surface area contributed by atoms with Gasteiger partial charge in [0, 0.05) is 0 Å². The number of esters is 1. The van der Waals surface area contributed by atoms with Crippen LogP contribution in [0.25, 0.3) is 0 Å². The molecule has 0 unspecified atom stereocenters. The molecular weight excluding hydrogens is 164 g/mol. The van der Waals surface area contributed by atoms with Gasteiger partial charge < -0.3 is 4.74 Å². The summed E-state index contributed by atoms with van der Waals surface area (Å²) in [5, 5.41) is 0. The molecule has 0 aromatic heterocycles. The van der Waals surface area contributed by atoms with Crippen molar-refractivity contribution in [3.8, 4) is 0 Å². The van der Waals surface area contributed by atoms with E-state index in [4.69, 9.17) is 4.74 Å². The minimum absolute atomic E-state index is 0.00692. The zero-order valence-electron chi connectivity index (χ0n) is 8.94. The SMILES string of the molecule is COC(=O)[C@]12CC[C@@](C)(C1)C2(C)C. The summed E-state index contributed by atoms with van der Waals surface area (Å²) in [6.07, 6.45) is 3.22. The van der Waals surface area contributed by atoms with Crippen LogP contribution in [0.15, 0.2) is 0 Å². The van der Waals surface area contributed by atoms with Crippen LogP contribution in [-0.2, 0) is 9.53 Å². The topological polar surface area (TPSA) is 26.3 Å². The molecule has 0 aromatic carbocycles. The van der Waals surface area contributed by atoms with Gasteiger partial charge in [0.05, 0.1) is 12.5 Å². The molecule has 0 N–H and O–H groups in total. The Bertz CT molecular complexity index is 269. The lowest BCUT2D eigenvalue weighted by molar-refractivity contribution is -0.187. The van der Waals surface area contributed by atoms with Crippen LogP contribution in [0.3, 0.4) is 0 Å². The molecule has 3 aliphatic rings. The fraction of sp³-hybridized carbons (Fsp3) is 0.909. The van der Waals surface area contributed by atoms with Crippen LogP contribution < -0.4 is 0 Å². The highest BCUT2D eigenvalue weighted by Gasteiger charge is 2.75. The van der Waals surface area contributed by atoms with Crippen LogP contribution >= 0.6 is 0 Å². The zero-order chi connectivity index (χ0) is 9.91. The van der Waals surface area contributed by atoms with Crippen molar-refractivity contribution in [1.82, 2.24) is 0 Å². The first-order valence-electron chi connectivity index (χ1n) is 4.98. The number of carbonyl (C=O) groups excluding carboxylic acids is 1. The Hall–Kier alpha value is -0.530. The average Bonchev–Trinajstić information content (AvgIpc) is 2.54. The largest absolute Gasteiger partial charge is 0.469 e. The number of rotatable bonds is 1. The van der Waals surface area contributed by atoms with E-state index >= 15 is 0 Å².